The number of anilines is 1. The molecule has 0 aliphatic heterocycles. The van der Waals surface area contributed by atoms with Gasteiger partial charge in [0.2, 0.25) is 11.8 Å². The Morgan fingerprint density at radius 1 is 1.38 bits per heavy atom. The van der Waals surface area contributed by atoms with Gasteiger partial charge in [-0.15, -0.1) is 10.2 Å². The predicted molar refractivity (Wildman–Crippen MR) is 76.4 cm³/mol. The van der Waals surface area contributed by atoms with E-state index in [1.165, 1.54) is 0 Å². The largest absolute Gasteiger partial charge is 0.426 e. The van der Waals surface area contributed by atoms with Crippen LogP contribution in [0.2, 0.25) is 0 Å². The highest BCUT2D eigenvalue weighted by Gasteiger charge is 2.26. The van der Waals surface area contributed by atoms with Crippen molar-refractivity contribution in [2.45, 2.75) is 38.6 Å². The summed E-state index contributed by atoms with van der Waals surface area (Å²) in [6, 6.07) is 6.12. The molecule has 1 aliphatic carbocycles. The summed E-state index contributed by atoms with van der Waals surface area (Å²) in [4.78, 5) is 4.25. The highest BCUT2D eigenvalue weighted by molar-refractivity contribution is 5.39. The highest BCUT2D eigenvalue weighted by Crippen LogP contribution is 2.30. The third-order valence-corrected chi connectivity index (χ3v) is 3.82. The Bertz CT molecular complexity index is 643. The molecule has 0 saturated heterocycles. The Kier molecular flexibility index (Phi) is 3.82. The van der Waals surface area contributed by atoms with Crippen LogP contribution >= 0.6 is 0 Å². The maximum atomic E-state index is 8.76. The fourth-order valence-corrected chi connectivity index (χ4v) is 2.81. The Morgan fingerprint density at radius 2 is 2.29 bits per heavy atom. The summed E-state index contributed by atoms with van der Waals surface area (Å²) in [5, 5.41) is 20.1. The van der Waals surface area contributed by atoms with Crippen LogP contribution in [0.15, 0.2) is 22.7 Å². The molecule has 21 heavy (non-hydrogen) atoms. The summed E-state index contributed by atoms with van der Waals surface area (Å²) in [5.41, 5.74) is 0.580. The topological polar surface area (TPSA) is 87.6 Å². The molecule has 1 fully saturated rings. The van der Waals surface area contributed by atoms with E-state index in [9.17, 15) is 0 Å². The van der Waals surface area contributed by atoms with Crippen LogP contribution in [0.1, 0.15) is 36.6 Å². The number of nitriles is 1. The summed E-state index contributed by atoms with van der Waals surface area (Å²) in [7, 11) is 0. The molecule has 0 spiro atoms. The highest BCUT2D eigenvalue weighted by atomic mass is 16.4. The molecule has 1 aliphatic rings. The Balaban J connectivity index is 1.53. The summed E-state index contributed by atoms with van der Waals surface area (Å²) in [5.74, 6) is 2.75. The van der Waals surface area contributed by atoms with Crippen LogP contribution in [0.3, 0.4) is 0 Å². The number of nitrogens with one attached hydrogen (secondary N) is 1. The molecule has 3 rings (SSSR count). The molecule has 2 aromatic rings. The van der Waals surface area contributed by atoms with Crippen molar-refractivity contribution in [1.29, 1.82) is 5.26 Å². The Labute approximate surface area is 123 Å². The number of aryl methyl sites for hydroxylation is 1. The van der Waals surface area contributed by atoms with Crippen LogP contribution in [0, 0.1) is 24.2 Å². The van der Waals surface area contributed by atoms with Gasteiger partial charge in [-0.2, -0.15) is 5.26 Å². The molecule has 1 N–H and O–H groups in total. The van der Waals surface area contributed by atoms with E-state index >= 15 is 0 Å². The van der Waals surface area contributed by atoms with Gasteiger partial charge in [-0.25, -0.2) is 4.98 Å². The standard InChI is InChI=1S/C15H17N5O/c1-10-19-20-15(21-10)7-11-2-4-13(6-11)18-14-5-3-12(8-16)9-17-14/h3,5,9,11,13H,2,4,6-7H2,1H3,(H,17,18)/t11-,13+/m1/s1. The number of hydrogen-bond donors (Lipinski definition) is 1. The molecule has 108 valence electrons. The first-order valence-electron chi connectivity index (χ1n) is 7.14. The van der Waals surface area contributed by atoms with E-state index in [0.717, 1.165) is 37.4 Å². The summed E-state index contributed by atoms with van der Waals surface area (Å²) >= 11 is 0. The average molecular weight is 283 g/mol. The van der Waals surface area contributed by atoms with E-state index in [0.29, 0.717) is 23.4 Å². The van der Waals surface area contributed by atoms with E-state index in [1.807, 2.05) is 13.0 Å². The van der Waals surface area contributed by atoms with Gasteiger partial charge in [0.05, 0.1) is 5.56 Å². The lowest BCUT2D eigenvalue weighted by atomic mass is 10.0. The van der Waals surface area contributed by atoms with Crippen LogP contribution in [0.5, 0.6) is 0 Å². The van der Waals surface area contributed by atoms with Gasteiger partial charge in [0.1, 0.15) is 11.9 Å². The van der Waals surface area contributed by atoms with E-state index in [2.05, 4.69) is 26.6 Å². The molecular formula is C15H17N5O. The molecule has 0 amide bonds. The minimum absolute atomic E-state index is 0.416. The van der Waals surface area contributed by atoms with E-state index in [1.54, 1.807) is 12.3 Å². The van der Waals surface area contributed by atoms with Crippen molar-refractivity contribution in [2.24, 2.45) is 5.92 Å². The molecule has 2 heterocycles. The second kappa shape index (κ2) is 5.92. The maximum absolute atomic E-state index is 8.76. The first-order valence-corrected chi connectivity index (χ1v) is 7.14. The van der Waals surface area contributed by atoms with Gasteiger partial charge in [-0.05, 0) is 37.3 Å². The molecule has 0 bridgehead atoms. The smallest absolute Gasteiger partial charge is 0.216 e. The molecule has 1 saturated carbocycles. The van der Waals surface area contributed by atoms with Crippen molar-refractivity contribution in [3.63, 3.8) is 0 Å². The first kappa shape index (κ1) is 13.6. The SMILES string of the molecule is Cc1nnc(C[C@@H]2CC[C@H](Nc3ccc(C#N)cn3)C2)o1. The lowest BCUT2D eigenvalue weighted by Gasteiger charge is -2.13. The molecule has 2 atom stereocenters. The Hall–Kier alpha value is -2.42. The average Bonchev–Trinajstić information content (AvgIpc) is 3.09. The van der Waals surface area contributed by atoms with E-state index in [-0.39, 0.29) is 0 Å². The summed E-state index contributed by atoms with van der Waals surface area (Å²) in [6.07, 6.45) is 5.77. The summed E-state index contributed by atoms with van der Waals surface area (Å²) in [6.45, 7) is 1.81. The van der Waals surface area contributed by atoms with Crippen molar-refractivity contribution in [1.82, 2.24) is 15.2 Å². The predicted octanol–water partition coefficient (Wildman–Crippen LogP) is 2.47. The molecule has 2 aromatic heterocycles. The van der Waals surface area contributed by atoms with E-state index in [4.69, 9.17) is 9.68 Å². The van der Waals surface area contributed by atoms with Crippen LogP contribution in [0.4, 0.5) is 5.82 Å². The number of pyridine rings is 1. The quantitative estimate of drug-likeness (QED) is 0.927. The molecule has 6 heteroatoms. The molecule has 0 radical (unpaired) electrons. The molecule has 6 nitrogen and oxygen atoms in total. The zero-order valence-electron chi connectivity index (χ0n) is 11.9. The molecule has 0 aromatic carbocycles. The normalized spacial score (nSPS) is 21.1. The Morgan fingerprint density at radius 3 is 2.95 bits per heavy atom. The third-order valence-electron chi connectivity index (χ3n) is 3.82. The van der Waals surface area contributed by atoms with Crippen LogP contribution in [-0.4, -0.2) is 21.2 Å². The van der Waals surface area contributed by atoms with Gasteiger partial charge in [-0.1, -0.05) is 0 Å². The van der Waals surface area contributed by atoms with Crippen molar-refractivity contribution >= 4 is 5.82 Å². The first-order chi connectivity index (χ1) is 10.2. The van der Waals surface area contributed by atoms with Crippen LogP contribution in [-0.2, 0) is 6.42 Å². The monoisotopic (exact) mass is 283 g/mol. The molecular weight excluding hydrogens is 266 g/mol. The van der Waals surface area contributed by atoms with Crippen LogP contribution in [0.25, 0.3) is 0 Å². The number of nitrogens with zero attached hydrogens (tertiary/aromatic N) is 4. The van der Waals surface area contributed by atoms with Crippen molar-refractivity contribution in [3.05, 3.63) is 35.7 Å². The van der Waals surface area contributed by atoms with Gasteiger partial charge in [-0.3, -0.25) is 0 Å². The number of aromatic nitrogens is 3. The zero-order chi connectivity index (χ0) is 14.7. The second-order valence-corrected chi connectivity index (χ2v) is 5.48. The lowest BCUT2D eigenvalue weighted by Crippen LogP contribution is -2.16. The third kappa shape index (κ3) is 3.37. The fraction of sp³-hybridized carbons (Fsp3) is 0.467. The van der Waals surface area contributed by atoms with Gasteiger partial charge < -0.3 is 9.73 Å². The minimum atomic E-state index is 0.416. The van der Waals surface area contributed by atoms with E-state index < -0.39 is 0 Å². The lowest BCUT2D eigenvalue weighted by molar-refractivity contribution is 0.416. The maximum Gasteiger partial charge on any atom is 0.216 e. The minimum Gasteiger partial charge on any atom is -0.426 e. The van der Waals surface area contributed by atoms with Crippen molar-refractivity contribution < 1.29 is 4.42 Å². The van der Waals surface area contributed by atoms with Gasteiger partial charge in [0, 0.05) is 25.6 Å². The number of hydrogen-bond acceptors (Lipinski definition) is 6. The van der Waals surface area contributed by atoms with Crippen molar-refractivity contribution in [2.75, 3.05) is 5.32 Å². The van der Waals surface area contributed by atoms with Gasteiger partial charge in [0.15, 0.2) is 0 Å². The fourth-order valence-electron chi connectivity index (χ4n) is 2.81. The van der Waals surface area contributed by atoms with Crippen LogP contribution < -0.4 is 5.32 Å². The second-order valence-electron chi connectivity index (χ2n) is 5.48. The zero-order valence-corrected chi connectivity index (χ0v) is 11.9. The van der Waals surface area contributed by atoms with Gasteiger partial charge in [0.25, 0.3) is 0 Å². The van der Waals surface area contributed by atoms with Gasteiger partial charge >= 0.3 is 0 Å². The summed E-state index contributed by atoms with van der Waals surface area (Å²) < 4.78 is 5.44. The number of rotatable bonds is 4. The van der Waals surface area contributed by atoms with Crippen molar-refractivity contribution in [3.8, 4) is 6.07 Å². The molecule has 0 unspecified atom stereocenters.